The van der Waals surface area contributed by atoms with Gasteiger partial charge in [0.25, 0.3) is 0 Å². The Morgan fingerprint density at radius 2 is 2.15 bits per heavy atom. The number of nitrogens with zero attached hydrogens (tertiary/aromatic N) is 3. The van der Waals surface area contributed by atoms with Crippen LogP contribution in [0.4, 0.5) is 5.95 Å². The monoisotopic (exact) mass is 380 g/mol. The lowest BCUT2D eigenvalue weighted by atomic mass is 10.2. The fourth-order valence-electron chi connectivity index (χ4n) is 2.10. The number of aromatic nitrogens is 3. The van der Waals surface area contributed by atoms with Crippen molar-refractivity contribution in [2.75, 3.05) is 12.8 Å². The highest BCUT2D eigenvalue weighted by molar-refractivity contribution is 14.1. The summed E-state index contributed by atoms with van der Waals surface area (Å²) in [5, 5.41) is 0. The normalized spacial score (nSPS) is 10.9. The molecule has 3 aromatic rings. The molecule has 102 valence electrons. The Kier molecular flexibility index (Phi) is 3.47. The number of hydrogen-bond donors (Lipinski definition) is 1. The first kappa shape index (κ1) is 13.2. The zero-order valence-electron chi connectivity index (χ0n) is 10.9. The number of pyridine rings is 1. The maximum absolute atomic E-state index is 6.01. The summed E-state index contributed by atoms with van der Waals surface area (Å²) >= 11 is 2.27. The van der Waals surface area contributed by atoms with Gasteiger partial charge in [-0.1, -0.05) is 6.07 Å². The lowest BCUT2D eigenvalue weighted by molar-refractivity contribution is 0.397. The summed E-state index contributed by atoms with van der Waals surface area (Å²) in [4.78, 5) is 8.60. The van der Waals surface area contributed by atoms with Crippen molar-refractivity contribution >= 4 is 39.6 Å². The molecule has 6 heteroatoms. The summed E-state index contributed by atoms with van der Waals surface area (Å²) < 4.78 is 8.18. The molecule has 0 fully saturated rings. The zero-order valence-corrected chi connectivity index (χ0v) is 13.0. The van der Waals surface area contributed by atoms with Crippen LogP contribution < -0.4 is 10.5 Å². The van der Waals surface area contributed by atoms with Crippen LogP contribution in [0.5, 0.6) is 5.88 Å². The van der Waals surface area contributed by atoms with Gasteiger partial charge in [0.05, 0.1) is 24.7 Å². The van der Waals surface area contributed by atoms with E-state index in [1.165, 1.54) is 0 Å². The molecule has 20 heavy (non-hydrogen) atoms. The minimum atomic E-state index is 0.512. The Hall–Kier alpha value is -1.83. The molecule has 0 atom stereocenters. The number of nitrogens with two attached hydrogens (primary N) is 1. The predicted octanol–water partition coefficient (Wildman–Crippen LogP) is 2.68. The van der Waals surface area contributed by atoms with Gasteiger partial charge in [-0.25, -0.2) is 9.97 Å². The molecule has 0 aliphatic carbocycles. The number of anilines is 1. The number of methoxy groups -OCH3 is 1. The van der Waals surface area contributed by atoms with Gasteiger partial charge in [0.2, 0.25) is 11.8 Å². The van der Waals surface area contributed by atoms with E-state index >= 15 is 0 Å². The number of fused-ring (bicyclic) bond motifs is 1. The Morgan fingerprint density at radius 1 is 1.30 bits per heavy atom. The molecular weight excluding hydrogens is 367 g/mol. The van der Waals surface area contributed by atoms with Crippen LogP contribution in [0.3, 0.4) is 0 Å². The summed E-state index contributed by atoms with van der Waals surface area (Å²) in [7, 11) is 1.60. The fourth-order valence-corrected chi connectivity index (χ4v) is 2.57. The number of rotatable bonds is 3. The van der Waals surface area contributed by atoms with Crippen LogP contribution in [0.1, 0.15) is 5.56 Å². The summed E-state index contributed by atoms with van der Waals surface area (Å²) in [6.07, 6.45) is 1.79. The van der Waals surface area contributed by atoms with E-state index in [0.717, 1.165) is 20.2 Å². The number of halogens is 1. The van der Waals surface area contributed by atoms with Crippen molar-refractivity contribution in [2.45, 2.75) is 6.54 Å². The molecule has 0 unspecified atom stereocenters. The van der Waals surface area contributed by atoms with Gasteiger partial charge in [-0.2, -0.15) is 0 Å². The highest BCUT2D eigenvalue weighted by Crippen LogP contribution is 2.21. The molecule has 1 aromatic carbocycles. The second-order valence-corrected chi connectivity index (χ2v) is 5.64. The van der Waals surface area contributed by atoms with Crippen LogP contribution in [-0.2, 0) is 6.54 Å². The van der Waals surface area contributed by atoms with Crippen molar-refractivity contribution in [3.8, 4) is 5.88 Å². The molecule has 0 saturated carbocycles. The average molecular weight is 380 g/mol. The molecule has 0 amide bonds. The van der Waals surface area contributed by atoms with Crippen molar-refractivity contribution < 1.29 is 4.74 Å². The standard InChI is InChI=1S/C14H13IN4O/c1-20-13-5-2-9(7-17-13)8-19-12-4-3-10(15)6-11(12)18-14(19)16/h2-7H,8H2,1H3,(H2,16,18). The third kappa shape index (κ3) is 2.43. The third-order valence-corrected chi connectivity index (χ3v) is 3.76. The first-order valence-corrected chi connectivity index (χ1v) is 7.15. The minimum Gasteiger partial charge on any atom is -0.481 e. The molecule has 0 radical (unpaired) electrons. The van der Waals surface area contributed by atoms with Gasteiger partial charge >= 0.3 is 0 Å². The summed E-state index contributed by atoms with van der Waals surface area (Å²) in [6.45, 7) is 0.639. The third-order valence-electron chi connectivity index (χ3n) is 3.09. The van der Waals surface area contributed by atoms with Crippen LogP contribution in [0.25, 0.3) is 11.0 Å². The molecular formula is C14H13IN4O. The molecule has 0 bridgehead atoms. The lowest BCUT2D eigenvalue weighted by Crippen LogP contribution is -2.05. The van der Waals surface area contributed by atoms with E-state index in [1.807, 2.05) is 34.9 Å². The molecule has 5 nitrogen and oxygen atoms in total. The minimum absolute atomic E-state index is 0.512. The molecule has 0 aliphatic rings. The van der Waals surface area contributed by atoms with Crippen molar-refractivity contribution in [2.24, 2.45) is 0 Å². The SMILES string of the molecule is COc1ccc(Cn2c(N)nc3cc(I)ccc32)cn1. The van der Waals surface area contributed by atoms with Crippen molar-refractivity contribution in [1.82, 2.24) is 14.5 Å². The smallest absolute Gasteiger partial charge is 0.212 e. The van der Waals surface area contributed by atoms with Crippen molar-refractivity contribution in [3.63, 3.8) is 0 Å². The van der Waals surface area contributed by atoms with Crippen LogP contribution in [0.15, 0.2) is 36.5 Å². The van der Waals surface area contributed by atoms with E-state index in [4.69, 9.17) is 10.5 Å². The number of imidazole rings is 1. The highest BCUT2D eigenvalue weighted by atomic mass is 127. The first-order valence-electron chi connectivity index (χ1n) is 6.07. The van der Waals surface area contributed by atoms with Gasteiger partial charge in [-0.15, -0.1) is 0 Å². The second kappa shape index (κ2) is 5.28. The van der Waals surface area contributed by atoms with Crippen LogP contribution in [0, 0.1) is 3.57 Å². The number of ether oxygens (including phenoxy) is 1. The Balaban J connectivity index is 1.99. The highest BCUT2D eigenvalue weighted by Gasteiger charge is 2.09. The molecule has 3 rings (SSSR count). The Morgan fingerprint density at radius 3 is 2.85 bits per heavy atom. The number of benzene rings is 1. The van der Waals surface area contributed by atoms with E-state index < -0.39 is 0 Å². The molecule has 0 saturated heterocycles. The summed E-state index contributed by atoms with van der Waals surface area (Å²) in [5.41, 5.74) is 9.00. The molecule has 0 aliphatic heterocycles. The topological polar surface area (TPSA) is 66.0 Å². The summed E-state index contributed by atoms with van der Waals surface area (Å²) in [5.74, 6) is 1.12. The lowest BCUT2D eigenvalue weighted by Gasteiger charge is -2.07. The average Bonchev–Trinajstić information content (AvgIpc) is 2.75. The maximum atomic E-state index is 6.01. The molecule has 2 aromatic heterocycles. The number of hydrogen-bond acceptors (Lipinski definition) is 4. The zero-order chi connectivity index (χ0) is 14.1. The van der Waals surface area contributed by atoms with Gasteiger partial charge in [-0.3, -0.25) is 0 Å². The van der Waals surface area contributed by atoms with E-state index in [2.05, 4.69) is 32.6 Å². The Labute approximate surface area is 129 Å². The van der Waals surface area contributed by atoms with Gasteiger partial charge in [-0.05, 0) is 46.4 Å². The van der Waals surface area contributed by atoms with Gasteiger partial charge in [0, 0.05) is 15.8 Å². The second-order valence-electron chi connectivity index (χ2n) is 4.40. The van der Waals surface area contributed by atoms with E-state index in [9.17, 15) is 0 Å². The van der Waals surface area contributed by atoms with Crippen LogP contribution in [0.2, 0.25) is 0 Å². The van der Waals surface area contributed by atoms with Crippen molar-refractivity contribution in [3.05, 3.63) is 45.7 Å². The van der Waals surface area contributed by atoms with E-state index in [-0.39, 0.29) is 0 Å². The largest absolute Gasteiger partial charge is 0.481 e. The van der Waals surface area contributed by atoms with Crippen LogP contribution in [-0.4, -0.2) is 21.6 Å². The molecule has 2 N–H and O–H groups in total. The van der Waals surface area contributed by atoms with Gasteiger partial charge in [0.15, 0.2) is 0 Å². The maximum Gasteiger partial charge on any atom is 0.212 e. The van der Waals surface area contributed by atoms with Crippen LogP contribution >= 0.6 is 22.6 Å². The Bertz CT molecular complexity index is 752. The van der Waals surface area contributed by atoms with Crippen molar-refractivity contribution in [1.29, 1.82) is 0 Å². The van der Waals surface area contributed by atoms with Gasteiger partial charge < -0.3 is 15.0 Å². The van der Waals surface area contributed by atoms with Gasteiger partial charge in [0.1, 0.15) is 0 Å². The quantitative estimate of drug-likeness (QED) is 0.710. The first-order chi connectivity index (χ1) is 9.67. The molecule has 0 spiro atoms. The van der Waals surface area contributed by atoms with E-state index in [0.29, 0.717) is 18.4 Å². The fraction of sp³-hybridized carbons (Fsp3) is 0.143. The molecule has 2 heterocycles. The predicted molar refractivity (Wildman–Crippen MR) is 86.8 cm³/mol. The van der Waals surface area contributed by atoms with E-state index in [1.54, 1.807) is 13.3 Å². The summed E-state index contributed by atoms with van der Waals surface area (Å²) in [6, 6.07) is 9.93. The number of nitrogen functional groups attached to an aromatic ring is 1.